The summed E-state index contributed by atoms with van der Waals surface area (Å²) in [6.45, 7) is 1.76. The standard InChI is InChI=1S/C8H14O6/c1-7(9)12-5-6-14-8(10)13-4-3-11-2/h3-6H2,1-2H3. The molecule has 0 heterocycles. The van der Waals surface area contributed by atoms with Gasteiger partial charge in [-0.05, 0) is 0 Å². The van der Waals surface area contributed by atoms with Crippen molar-refractivity contribution in [2.75, 3.05) is 33.5 Å². The molecule has 0 aliphatic rings. The summed E-state index contributed by atoms with van der Waals surface area (Å²) >= 11 is 0. The zero-order valence-electron chi connectivity index (χ0n) is 8.28. The van der Waals surface area contributed by atoms with Crippen LogP contribution in [0.5, 0.6) is 0 Å². The molecule has 0 amide bonds. The van der Waals surface area contributed by atoms with E-state index in [2.05, 4.69) is 18.9 Å². The Morgan fingerprint density at radius 1 is 0.929 bits per heavy atom. The first-order valence-corrected chi connectivity index (χ1v) is 4.08. The monoisotopic (exact) mass is 206 g/mol. The summed E-state index contributed by atoms with van der Waals surface area (Å²) in [5.41, 5.74) is 0. The zero-order valence-corrected chi connectivity index (χ0v) is 8.28. The van der Waals surface area contributed by atoms with E-state index in [0.29, 0.717) is 6.61 Å². The highest BCUT2D eigenvalue weighted by molar-refractivity contribution is 5.65. The second kappa shape index (κ2) is 8.31. The molecule has 14 heavy (non-hydrogen) atoms. The Kier molecular flexibility index (Phi) is 7.53. The predicted octanol–water partition coefficient (Wildman–Crippen LogP) is 0.349. The van der Waals surface area contributed by atoms with Crippen LogP contribution in [-0.2, 0) is 23.7 Å². The van der Waals surface area contributed by atoms with E-state index < -0.39 is 12.1 Å². The number of ether oxygens (including phenoxy) is 4. The molecule has 0 radical (unpaired) electrons. The third-order valence-electron chi connectivity index (χ3n) is 1.12. The summed E-state index contributed by atoms with van der Waals surface area (Å²) in [6, 6.07) is 0. The number of esters is 1. The Morgan fingerprint density at radius 2 is 1.43 bits per heavy atom. The minimum absolute atomic E-state index is 0.00854. The van der Waals surface area contributed by atoms with Crippen LogP contribution in [0, 0.1) is 0 Å². The van der Waals surface area contributed by atoms with Crippen molar-refractivity contribution in [1.29, 1.82) is 0 Å². The van der Waals surface area contributed by atoms with Gasteiger partial charge >= 0.3 is 12.1 Å². The highest BCUT2D eigenvalue weighted by atomic mass is 16.7. The van der Waals surface area contributed by atoms with E-state index in [1.165, 1.54) is 14.0 Å². The van der Waals surface area contributed by atoms with Gasteiger partial charge in [0.15, 0.2) is 0 Å². The zero-order chi connectivity index (χ0) is 10.8. The molecule has 0 aromatic rings. The van der Waals surface area contributed by atoms with Crippen molar-refractivity contribution in [3.63, 3.8) is 0 Å². The second-order valence-electron chi connectivity index (χ2n) is 2.28. The second-order valence-corrected chi connectivity index (χ2v) is 2.28. The molecule has 82 valence electrons. The first-order valence-electron chi connectivity index (χ1n) is 4.08. The number of carbonyl (C=O) groups excluding carboxylic acids is 2. The van der Waals surface area contributed by atoms with E-state index in [-0.39, 0.29) is 19.8 Å². The van der Waals surface area contributed by atoms with Crippen molar-refractivity contribution in [3.05, 3.63) is 0 Å². The molecular weight excluding hydrogens is 192 g/mol. The molecule has 0 atom stereocenters. The highest BCUT2D eigenvalue weighted by Gasteiger charge is 2.03. The first-order chi connectivity index (χ1) is 6.66. The van der Waals surface area contributed by atoms with Gasteiger partial charge in [0.05, 0.1) is 6.61 Å². The van der Waals surface area contributed by atoms with Crippen LogP contribution in [-0.4, -0.2) is 45.7 Å². The van der Waals surface area contributed by atoms with E-state index in [1.54, 1.807) is 0 Å². The van der Waals surface area contributed by atoms with Gasteiger partial charge in [-0.25, -0.2) is 4.79 Å². The van der Waals surface area contributed by atoms with Crippen LogP contribution in [0.15, 0.2) is 0 Å². The lowest BCUT2D eigenvalue weighted by Crippen LogP contribution is -2.15. The Bertz CT molecular complexity index is 179. The fourth-order valence-electron chi connectivity index (χ4n) is 0.560. The smallest absolute Gasteiger partial charge is 0.462 e. The van der Waals surface area contributed by atoms with Crippen LogP contribution >= 0.6 is 0 Å². The van der Waals surface area contributed by atoms with Gasteiger partial charge in [-0.15, -0.1) is 0 Å². The quantitative estimate of drug-likeness (QED) is 0.461. The van der Waals surface area contributed by atoms with Crippen LogP contribution in [0.4, 0.5) is 4.79 Å². The molecule has 0 N–H and O–H groups in total. The van der Waals surface area contributed by atoms with Crippen LogP contribution in [0.1, 0.15) is 6.92 Å². The number of hydrogen-bond acceptors (Lipinski definition) is 6. The molecule has 0 aliphatic heterocycles. The SMILES string of the molecule is COCCOC(=O)OCCOC(C)=O. The molecule has 0 unspecified atom stereocenters. The molecule has 0 aliphatic carbocycles. The Hall–Kier alpha value is -1.30. The van der Waals surface area contributed by atoms with Crippen LogP contribution in [0.2, 0.25) is 0 Å². The van der Waals surface area contributed by atoms with Crippen molar-refractivity contribution < 1.29 is 28.5 Å². The van der Waals surface area contributed by atoms with Crippen LogP contribution in [0.25, 0.3) is 0 Å². The average Bonchev–Trinajstić information content (AvgIpc) is 2.13. The van der Waals surface area contributed by atoms with E-state index in [1.807, 2.05) is 0 Å². The summed E-state index contributed by atoms with van der Waals surface area (Å²) in [7, 11) is 1.50. The normalized spacial score (nSPS) is 9.29. The fourth-order valence-corrected chi connectivity index (χ4v) is 0.560. The molecule has 0 rings (SSSR count). The third-order valence-corrected chi connectivity index (χ3v) is 1.12. The minimum Gasteiger partial charge on any atom is -0.462 e. The molecule has 0 fully saturated rings. The van der Waals surface area contributed by atoms with Gasteiger partial charge in [0.25, 0.3) is 0 Å². The molecule has 0 saturated carbocycles. The summed E-state index contributed by atoms with van der Waals surface area (Å²) in [4.78, 5) is 21.0. The van der Waals surface area contributed by atoms with Gasteiger partial charge in [0.1, 0.15) is 19.8 Å². The highest BCUT2D eigenvalue weighted by Crippen LogP contribution is 1.86. The summed E-state index contributed by atoms with van der Waals surface area (Å²) in [5, 5.41) is 0. The summed E-state index contributed by atoms with van der Waals surface area (Å²) in [6.07, 6.45) is -0.797. The Balaban J connectivity index is 3.22. The third kappa shape index (κ3) is 8.79. The van der Waals surface area contributed by atoms with Crippen molar-refractivity contribution >= 4 is 12.1 Å². The number of methoxy groups -OCH3 is 1. The number of carbonyl (C=O) groups is 2. The van der Waals surface area contributed by atoms with Crippen molar-refractivity contribution in [2.24, 2.45) is 0 Å². The van der Waals surface area contributed by atoms with E-state index in [4.69, 9.17) is 0 Å². The molecule has 0 aromatic carbocycles. The van der Waals surface area contributed by atoms with Crippen LogP contribution < -0.4 is 0 Å². The van der Waals surface area contributed by atoms with Crippen molar-refractivity contribution in [3.8, 4) is 0 Å². The minimum atomic E-state index is -0.797. The van der Waals surface area contributed by atoms with Gasteiger partial charge < -0.3 is 18.9 Å². The van der Waals surface area contributed by atoms with E-state index in [0.717, 1.165) is 0 Å². The predicted molar refractivity (Wildman–Crippen MR) is 45.8 cm³/mol. The molecule has 0 spiro atoms. The molecule has 0 bridgehead atoms. The lowest BCUT2D eigenvalue weighted by molar-refractivity contribution is -0.142. The maximum Gasteiger partial charge on any atom is 0.508 e. The van der Waals surface area contributed by atoms with E-state index in [9.17, 15) is 9.59 Å². The van der Waals surface area contributed by atoms with Crippen molar-refractivity contribution in [2.45, 2.75) is 6.92 Å². The van der Waals surface area contributed by atoms with Gasteiger partial charge in [-0.3, -0.25) is 4.79 Å². The van der Waals surface area contributed by atoms with Gasteiger partial charge in [0, 0.05) is 14.0 Å². The Labute approximate surface area is 82.1 Å². The molecule has 0 aromatic heterocycles. The first kappa shape index (κ1) is 12.7. The largest absolute Gasteiger partial charge is 0.508 e. The maximum atomic E-state index is 10.7. The van der Waals surface area contributed by atoms with E-state index >= 15 is 0 Å². The summed E-state index contributed by atoms with van der Waals surface area (Å²) < 4.78 is 18.3. The molecule has 6 nitrogen and oxygen atoms in total. The van der Waals surface area contributed by atoms with Gasteiger partial charge in [0.2, 0.25) is 0 Å². The molecule has 6 heteroatoms. The summed E-state index contributed by atoms with van der Waals surface area (Å²) in [5.74, 6) is -0.415. The van der Waals surface area contributed by atoms with Crippen LogP contribution in [0.3, 0.4) is 0 Å². The fraction of sp³-hybridized carbons (Fsp3) is 0.750. The lowest BCUT2D eigenvalue weighted by atomic mass is 10.7. The lowest BCUT2D eigenvalue weighted by Gasteiger charge is -2.05. The van der Waals surface area contributed by atoms with Gasteiger partial charge in [-0.1, -0.05) is 0 Å². The topological polar surface area (TPSA) is 71.1 Å². The number of hydrogen-bond donors (Lipinski definition) is 0. The van der Waals surface area contributed by atoms with Gasteiger partial charge in [-0.2, -0.15) is 0 Å². The molecule has 0 saturated heterocycles. The molecular formula is C8H14O6. The number of rotatable bonds is 6. The average molecular weight is 206 g/mol. The maximum absolute atomic E-state index is 10.7. The van der Waals surface area contributed by atoms with Crippen molar-refractivity contribution in [1.82, 2.24) is 0 Å². The Morgan fingerprint density at radius 3 is 1.93 bits per heavy atom.